The van der Waals surface area contributed by atoms with E-state index in [0.29, 0.717) is 26.3 Å². The molecule has 17 heavy (non-hydrogen) atoms. The number of carbonyl (C=O) groups is 1. The zero-order valence-electron chi connectivity index (χ0n) is 9.39. The van der Waals surface area contributed by atoms with Crippen LogP contribution in [-0.4, -0.2) is 43.7 Å². The summed E-state index contributed by atoms with van der Waals surface area (Å²) in [5.41, 5.74) is 0. The van der Waals surface area contributed by atoms with Gasteiger partial charge in [0, 0.05) is 13.1 Å². The third kappa shape index (κ3) is 3.57. The van der Waals surface area contributed by atoms with Crippen LogP contribution in [0.15, 0.2) is 24.3 Å². The van der Waals surface area contributed by atoms with Crippen LogP contribution >= 0.6 is 22.6 Å². The molecule has 0 aliphatic carbocycles. The van der Waals surface area contributed by atoms with Crippen molar-refractivity contribution in [2.24, 2.45) is 0 Å². The van der Waals surface area contributed by atoms with Gasteiger partial charge in [-0.3, -0.25) is 4.79 Å². The summed E-state index contributed by atoms with van der Waals surface area (Å²) in [7, 11) is 0. The topological polar surface area (TPSA) is 38.8 Å². The molecule has 1 fully saturated rings. The number of para-hydroxylation sites is 1. The average molecular weight is 347 g/mol. The summed E-state index contributed by atoms with van der Waals surface area (Å²) in [4.78, 5) is 13.6. The first-order valence-electron chi connectivity index (χ1n) is 5.50. The number of morpholine rings is 1. The molecule has 4 nitrogen and oxygen atoms in total. The number of ether oxygens (including phenoxy) is 2. The summed E-state index contributed by atoms with van der Waals surface area (Å²) >= 11 is 2.19. The monoisotopic (exact) mass is 347 g/mol. The van der Waals surface area contributed by atoms with Gasteiger partial charge in [0.1, 0.15) is 5.75 Å². The fourth-order valence-corrected chi connectivity index (χ4v) is 2.15. The van der Waals surface area contributed by atoms with Crippen LogP contribution in [0.4, 0.5) is 0 Å². The van der Waals surface area contributed by atoms with E-state index in [9.17, 15) is 4.79 Å². The second kappa shape index (κ2) is 6.20. The van der Waals surface area contributed by atoms with Crippen LogP contribution in [0.25, 0.3) is 0 Å². The van der Waals surface area contributed by atoms with E-state index in [-0.39, 0.29) is 12.5 Å². The number of nitrogens with zero attached hydrogens (tertiary/aromatic N) is 1. The molecule has 1 aliphatic rings. The van der Waals surface area contributed by atoms with E-state index in [0.717, 1.165) is 9.32 Å². The van der Waals surface area contributed by atoms with Gasteiger partial charge in [0.15, 0.2) is 6.61 Å². The Labute approximate surface area is 114 Å². The Morgan fingerprint density at radius 2 is 2.06 bits per heavy atom. The van der Waals surface area contributed by atoms with Crippen molar-refractivity contribution in [2.75, 3.05) is 32.9 Å². The third-order valence-corrected chi connectivity index (χ3v) is 3.44. The Balaban J connectivity index is 1.85. The smallest absolute Gasteiger partial charge is 0.260 e. The molecule has 1 aromatic rings. The van der Waals surface area contributed by atoms with Crippen LogP contribution in [0.3, 0.4) is 0 Å². The van der Waals surface area contributed by atoms with Crippen molar-refractivity contribution in [3.63, 3.8) is 0 Å². The largest absolute Gasteiger partial charge is 0.483 e. The minimum Gasteiger partial charge on any atom is -0.483 e. The van der Waals surface area contributed by atoms with Gasteiger partial charge < -0.3 is 14.4 Å². The van der Waals surface area contributed by atoms with Crippen molar-refractivity contribution in [3.8, 4) is 5.75 Å². The highest BCUT2D eigenvalue weighted by Gasteiger charge is 2.17. The number of hydrogen-bond acceptors (Lipinski definition) is 3. The van der Waals surface area contributed by atoms with Crippen LogP contribution in [0.2, 0.25) is 0 Å². The van der Waals surface area contributed by atoms with Crippen molar-refractivity contribution < 1.29 is 14.3 Å². The summed E-state index contributed by atoms with van der Waals surface area (Å²) in [6, 6.07) is 7.67. The molecular weight excluding hydrogens is 333 g/mol. The van der Waals surface area contributed by atoms with Gasteiger partial charge in [-0.05, 0) is 34.7 Å². The Bertz CT molecular complexity index is 391. The predicted octanol–water partition coefficient (Wildman–Crippen LogP) is 1.53. The van der Waals surface area contributed by atoms with Crippen molar-refractivity contribution >= 4 is 28.5 Å². The Kier molecular flexibility index (Phi) is 4.61. The molecule has 2 rings (SSSR count). The van der Waals surface area contributed by atoms with Gasteiger partial charge in [0.2, 0.25) is 0 Å². The molecule has 0 atom stereocenters. The lowest BCUT2D eigenvalue weighted by molar-refractivity contribution is -0.137. The molecule has 0 N–H and O–H groups in total. The van der Waals surface area contributed by atoms with Gasteiger partial charge in [-0.2, -0.15) is 0 Å². The van der Waals surface area contributed by atoms with Crippen LogP contribution in [0, 0.1) is 3.57 Å². The van der Waals surface area contributed by atoms with Crippen molar-refractivity contribution in [3.05, 3.63) is 27.8 Å². The number of amides is 1. The summed E-state index contributed by atoms with van der Waals surface area (Å²) in [6.07, 6.45) is 0. The van der Waals surface area contributed by atoms with Crippen molar-refractivity contribution in [1.82, 2.24) is 4.90 Å². The first-order valence-corrected chi connectivity index (χ1v) is 6.58. The lowest BCUT2D eigenvalue weighted by atomic mass is 10.3. The van der Waals surface area contributed by atoms with E-state index in [1.165, 1.54) is 0 Å². The maximum atomic E-state index is 11.8. The SMILES string of the molecule is O=C(COc1ccccc1I)N1CCOCC1. The van der Waals surface area contributed by atoms with Gasteiger partial charge >= 0.3 is 0 Å². The highest BCUT2D eigenvalue weighted by Crippen LogP contribution is 2.19. The maximum absolute atomic E-state index is 11.8. The number of hydrogen-bond donors (Lipinski definition) is 0. The van der Waals surface area contributed by atoms with E-state index in [1.54, 1.807) is 4.90 Å². The van der Waals surface area contributed by atoms with Crippen molar-refractivity contribution in [1.29, 1.82) is 0 Å². The van der Waals surface area contributed by atoms with Crippen LogP contribution < -0.4 is 4.74 Å². The van der Waals surface area contributed by atoms with Gasteiger partial charge in [-0.25, -0.2) is 0 Å². The van der Waals surface area contributed by atoms with Crippen LogP contribution in [-0.2, 0) is 9.53 Å². The van der Waals surface area contributed by atoms with E-state index in [4.69, 9.17) is 9.47 Å². The Hall–Kier alpha value is -0.820. The molecule has 92 valence electrons. The number of halogens is 1. The summed E-state index contributed by atoms with van der Waals surface area (Å²) in [6.45, 7) is 2.66. The Morgan fingerprint density at radius 3 is 2.76 bits per heavy atom. The van der Waals surface area contributed by atoms with Gasteiger partial charge in [0.05, 0.1) is 16.8 Å². The first-order chi connectivity index (χ1) is 8.27. The van der Waals surface area contributed by atoms with E-state index < -0.39 is 0 Å². The lowest BCUT2D eigenvalue weighted by Crippen LogP contribution is -2.43. The zero-order valence-corrected chi connectivity index (χ0v) is 11.6. The third-order valence-electron chi connectivity index (χ3n) is 2.55. The molecule has 1 aliphatic heterocycles. The molecule has 1 saturated heterocycles. The fourth-order valence-electron chi connectivity index (χ4n) is 1.61. The number of rotatable bonds is 3. The molecule has 1 aromatic carbocycles. The molecule has 0 spiro atoms. The standard InChI is InChI=1S/C12H14INO3/c13-10-3-1-2-4-11(10)17-9-12(15)14-5-7-16-8-6-14/h1-4H,5-9H2. The fraction of sp³-hybridized carbons (Fsp3) is 0.417. The van der Waals surface area contributed by atoms with Gasteiger partial charge in [0.25, 0.3) is 5.91 Å². The molecule has 0 radical (unpaired) electrons. The number of carbonyl (C=O) groups excluding carboxylic acids is 1. The zero-order chi connectivity index (χ0) is 12.1. The summed E-state index contributed by atoms with van der Waals surface area (Å²) in [5, 5.41) is 0. The van der Waals surface area contributed by atoms with Crippen molar-refractivity contribution in [2.45, 2.75) is 0 Å². The van der Waals surface area contributed by atoms with E-state index in [2.05, 4.69) is 22.6 Å². The van der Waals surface area contributed by atoms with E-state index >= 15 is 0 Å². The predicted molar refractivity (Wildman–Crippen MR) is 72.1 cm³/mol. The van der Waals surface area contributed by atoms with E-state index in [1.807, 2.05) is 24.3 Å². The molecule has 5 heteroatoms. The minimum absolute atomic E-state index is 0.0213. The molecule has 1 amide bonds. The first kappa shape index (κ1) is 12.6. The quantitative estimate of drug-likeness (QED) is 0.779. The Morgan fingerprint density at radius 1 is 1.35 bits per heavy atom. The molecule has 0 unspecified atom stereocenters. The van der Waals surface area contributed by atoms with Crippen LogP contribution in [0.1, 0.15) is 0 Å². The number of benzene rings is 1. The molecule has 0 saturated carbocycles. The van der Waals surface area contributed by atoms with Gasteiger partial charge in [-0.1, -0.05) is 12.1 Å². The second-order valence-electron chi connectivity index (χ2n) is 3.71. The minimum atomic E-state index is 0.0213. The van der Waals surface area contributed by atoms with Gasteiger partial charge in [-0.15, -0.1) is 0 Å². The highest BCUT2D eigenvalue weighted by atomic mass is 127. The molecule has 0 bridgehead atoms. The highest BCUT2D eigenvalue weighted by molar-refractivity contribution is 14.1. The molecule has 0 aromatic heterocycles. The summed E-state index contributed by atoms with van der Waals surface area (Å²) in [5.74, 6) is 0.780. The lowest BCUT2D eigenvalue weighted by Gasteiger charge is -2.26. The second-order valence-corrected chi connectivity index (χ2v) is 4.87. The maximum Gasteiger partial charge on any atom is 0.260 e. The normalized spacial score (nSPS) is 15.7. The molecular formula is C12H14INO3. The summed E-state index contributed by atoms with van der Waals surface area (Å²) < 4.78 is 11.7. The average Bonchev–Trinajstić information content (AvgIpc) is 2.38. The molecule has 1 heterocycles. The van der Waals surface area contributed by atoms with Crippen LogP contribution in [0.5, 0.6) is 5.75 Å².